The molecule has 1 aromatic heterocycles. The molecule has 0 amide bonds. The number of halogens is 1. The standard InChI is InChI=1S/C10H7ClN4O2/c11-8-7(15(16)17)9(12)14-10(13-8)6-4-2-1-3-5-6/h1-5H,(H2,12,13,14). The first kappa shape index (κ1) is 11.3. The lowest BCUT2D eigenvalue weighted by Crippen LogP contribution is -2.03. The minimum atomic E-state index is -0.702. The zero-order chi connectivity index (χ0) is 12.4. The molecule has 1 heterocycles. The first-order valence-corrected chi connectivity index (χ1v) is 5.00. The SMILES string of the molecule is Nc1nc(-c2ccccc2)nc(Cl)c1[N+](=O)[O-]. The van der Waals surface area contributed by atoms with Crippen molar-refractivity contribution < 1.29 is 4.92 Å². The number of anilines is 1. The molecule has 2 N–H and O–H groups in total. The maximum absolute atomic E-state index is 10.7. The van der Waals surface area contributed by atoms with Crippen LogP contribution < -0.4 is 5.73 Å². The van der Waals surface area contributed by atoms with Gasteiger partial charge >= 0.3 is 5.69 Å². The summed E-state index contributed by atoms with van der Waals surface area (Å²) in [6.45, 7) is 0. The van der Waals surface area contributed by atoms with E-state index < -0.39 is 10.6 Å². The first-order valence-electron chi connectivity index (χ1n) is 4.62. The topological polar surface area (TPSA) is 94.9 Å². The van der Waals surface area contributed by atoms with Gasteiger partial charge in [-0.1, -0.05) is 41.9 Å². The average Bonchev–Trinajstić information content (AvgIpc) is 2.28. The van der Waals surface area contributed by atoms with Gasteiger partial charge in [0.2, 0.25) is 11.0 Å². The van der Waals surface area contributed by atoms with E-state index in [-0.39, 0.29) is 16.8 Å². The highest BCUT2D eigenvalue weighted by molar-refractivity contribution is 6.32. The highest BCUT2D eigenvalue weighted by Gasteiger charge is 2.21. The zero-order valence-electron chi connectivity index (χ0n) is 8.50. The van der Waals surface area contributed by atoms with Gasteiger partial charge in [0.1, 0.15) is 0 Å². The molecule has 0 aliphatic carbocycles. The van der Waals surface area contributed by atoms with E-state index in [0.717, 1.165) is 0 Å². The van der Waals surface area contributed by atoms with Crippen molar-refractivity contribution in [3.63, 3.8) is 0 Å². The molecule has 0 unspecified atom stereocenters. The van der Waals surface area contributed by atoms with Crippen LogP contribution in [0.2, 0.25) is 5.15 Å². The number of rotatable bonds is 2. The molecular formula is C10H7ClN4O2. The van der Waals surface area contributed by atoms with Crippen molar-refractivity contribution in [1.82, 2.24) is 9.97 Å². The second-order valence-electron chi connectivity index (χ2n) is 3.20. The summed E-state index contributed by atoms with van der Waals surface area (Å²) in [7, 11) is 0. The van der Waals surface area contributed by atoms with Gasteiger partial charge < -0.3 is 5.73 Å². The molecule has 6 nitrogen and oxygen atoms in total. The third kappa shape index (κ3) is 2.16. The number of nitrogens with two attached hydrogens (primary N) is 1. The fourth-order valence-corrected chi connectivity index (χ4v) is 1.57. The highest BCUT2D eigenvalue weighted by atomic mass is 35.5. The molecule has 0 atom stereocenters. The number of nitro groups is 1. The van der Waals surface area contributed by atoms with Gasteiger partial charge in [-0.2, -0.15) is 0 Å². The predicted octanol–water partition coefficient (Wildman–Crippen LogP) is 2.29. The average molecular weight is 251 g/mol. The largest absolute Gasteiger partial charge is 0.378 e. The van der Waals surface area contributed by atoms with Gasteiger partial charge in [0, 0.05) is 5.56 Å². The molecule has 1 aromatic carbocycles. The summed E-state index contributed by atoms with van der Waals surface area (Å²) in [5, 5.41) is 10.4. The fraction of sp³-hybridized carbons (Fsp3) is 0. The molecule has 0 aliphatic heterocycles. The Morgan fingerprint density at radius 1 is 1.24 bits per heavy atom. The van der Waals surface area contributed by atoms with E-state index in [4.69, 9.17) is 17.3 Å². The van der Waals surface area contributed by atoms with Crippen LogP contribution in [0.15, 0.2) is 30.3 Å². The summed E-state index contributed by atoms with van der Waals surface area (Å²) in [4.78, 5) is 17.7. The number of hydrogen-bond donors (Lipinski definition) is 1. The van der Waals surface area contributed by atoms with E-state index in [1.807, 2.05) is 6.07 Å². The minimum absolute atomic E-state index is 0.242. The Morgan fingerprint density at radius 3 is 2.41 bits per heavy atom. The molecular weight excluding hydrogens is 244 g/mol. The van der Waals surface area contributed by atoms with E-state index in [2.05, 4.69) is 9.97 Å². The van der Waals surface area contributed by atoms with Crippen molar-refractivity contribution in [1.29, 1.82) is 0 Å². The normalized spacial score (nSPS) is 10.2. The van der Waals surface area contributed by atoms with Gasteiger partial charge in [-0.05, 0) is 0 Å². The number of hydrogen-bond acceptors (Lipinski definition) is 5. The maximum atomic E-state index is 10.7. The van der Waals surface area contributed by atoms with E-state index in [1.54, 1.807) is 24.3 Å². The van der Waals surface area contributed by atoms with Crippen molar-refractivity contribution in [2.45, 2.75) is 0 Å². The smallest absolute Gasteiger partial charge is 0.348 e. The van der Waals surface area contributed by atoms with E-state index in [0.29, 0.717) is 5.56 Å². The highest BCUT2D eigenvalue weighted by Crippen LogP contribution is 2.29. The van der Waals surface area contributed by atoms with Gasteiger partial charge in [0.05, 0.1) is 4.92 Å². The number of benzene rings is 1. The van der Waals surface area contributed by atoms with Gasteiger partial charge in [-0.15, -0.1) is 0 Å². The van der Waals surface area contributed by atoms with Crippen LogP contribution in [0, 0.1) is 10.1 Å². The van der Waals surface area contributed by atoms with Crippen LogP contribution in [0.3, 0.4) is 0 Å². The molecule has 17 heavy (non-hydrogen) atoms. The molecule has 0 radical (unpaired) electrons. The van der Waals surface area contributed by atoms with Crippen LogP contribution in [0.5, 0.6) is 0 Å². The summed E-state index contributed by atoms with van der Waals surface area (Å²) in [5.41, 5.74) is 5.71. The summed E-state index contributed by atoms with van der Waals surface area (Å²) in [5.74, 6) is 0.0209. The second kappa shape index (κ2) is 4.34. The molecule has 0 bridgehead atoms. The van der Waals surface area contributed by atoms with Gasteiger partial charge in [0.25, 0.3) is 0 Å². The molecule has 0 saturated carbocycles. The Hall–Kier alpha value is -2.21. The Kier molecular flexibility index (Phi) is 2.88. The lowest BCUT2D eigenvalue weighted by Gasteiger charge is -2.03. The van der Waals surface area contributed by atoms with Gasteiger partial charge in [0.15, 0.2) is 5.82 Å². The molecule has 0 saturated heterocycles. The lowest BCUT2D eigenvalue weighted by atomic mass is 10.2. The van der Waals surface area contributed by atoms with Crippen LogP contribution in [0.25, 0.3) is 11.4 Å². The number of nitrogens with zero attached hydrogens (tertiary/aromatic N) is 3. The Balaban J connectivity index is 2.57. The lowest BCUT2D eigenvalue weighted by molar-refractivity contribution is -0.384. The van der Waals surface area contributed by atoms with Gasteiger partial charge in [-0.25, -0.2) is 9.97 Å². The maximum Gasteiger partial charge on any atom is 0.348 e. The van der Waals surface area contributed by atoms with E-state index >= 15 is 0 Å². The minimum Gasteiger partial charge on any atom is -0.378 e. The van der Waals surface area contributed by atoms with Crippen LogP contribution in [0.1, 0.15) is 0 Å². The molecule has 0 aliphatic rings. The Labute approximate surface area is 101 Å². The van der Waals surface area contributed by atoms with Crippen molar-refractivity contribution in [3.8, 4) is 11.4 Å². The third-order valence-corrected chi connectivity index (χ3v) is 2.35. The first-order chi connectivity index (χ1) is 8.09. The van der Waals surface area contributed by atoms with Gasteiger partial charge in [-0.3, -0.25) is 10.1 Å². The van der Waals surface area contributed by atoms with Crippen LogP contribution in [-0.4, -0.2) is 14.9 Å². The van der Waals surface area contributed by atoms with Crippen molar-refractivity contribution >= 4 is 23.1 Å². The monoisotopic (exact) mass is 250 g/mol. The predicted molar refractivity (Wildman–Crippen MR) is 63.5 cm³/mol. The zero-order valence-corrected chi connectivity index (χ0v) is 9.26. The quantitative estimate of drug-likeness (QED) is 0.501. The molecule has 7 heteroatoms. The summed E-state index contributed by atoms with van der Waals surface area (Å²) in [6, 6.07) is 8.95. The van der Waals surface area contributed by atoms with E-state index in [1.165, 1.54) is 0 Å². The van der Waals surface area contributed by atoms with Crippen molar-refractivity contribution in [2.75, 3.05) is 5.73 Å². The molecule has 0 fully saturated rings. The molecule has 0 spiro atoms. The van der Waals surface area contributed by atoms with Crippen LogP contribution in [0.4, 0.5) is 11.5 Å². The molecule has 2 rings (SSSR count). The summed E-state index contributed by atoms with van der Waals surface area (Å²) < 4.78 is 0. The number of nitrogen functional groups attached to an aromatic ring is 1. The fourth-order valence-electron chi connectivity index (χ4n) is 1.33. The Morgan fingerprint density at radius 2 is 1.88 bits per heavy atom. The van der Waals surface area contributed by atoms with Crippen LogP contribution in [-0.2, 0) is 0 Å². The van der Waals surface area contributed by atoms with E-state index in [9.17, 15) is 10.1 Å². The third-order valence-electron chi connectivity index (χ3n) is 2.08. The molecule has 2 aromatic rings. The van der Waals surface area contributed by atoms with Crippen molar-refractivity contribution in [2.24, 2.45) is 0 Å². The van der Waals surface area contributed by atoms with Crippen LogP contribution >= 0.6 is 11.6 Å². The molecule has 86 valence electrons. The summed E-state index contributed by atoms with van der Waals surface area (Å²) >= 11 is 5.71. The summed E-state index contributed by atoms with van der Waals surface area (Å²) in [6.07, 6.45) is 0. The van der Waals surface area contributed by atoms with Crippen molar-refractivity contribution in [3.05, 3.63) is 45.6 Å². The number of aromatic nitrogens is 2. The Bertz CT molecular complexity index is 551. The second-order valence-corrected chi connectivity index (χ2v) is 3.55.